The largest absolute Gasteiger partial charge is 0.375 e. The number of hydrogen-bond donors (Lipinski definition) is 1. The molecule has 1 saturated heterocycles. The van der Waals surface area contributed by atoms with Crippen LogP contribution in [0.3, 0.4) is 0 Å². The van der Waals surface area contributed by atoms with Crippen molar-refractivity contribution in [1.29, 1.82) is 0 Å². The summed E-state index contributed by atoms with van der Waals surface area (Å²) in [6.45, 7) is 5.37. The molecule has 16 heavy (non-hydrogen) atoms. The Hall–Kier alpha value is -0.580. The molecule has 3 nitrogen and oxygen atoms in total. The van der Waals surface area contributed by atoms with E-state index in [0.717, 1.165) is 29.7 Å². The van der Waals surface area contributed by atoms with Gasteiger partial charge in [0.25, 0.3) is 0 Å². The minimum atomic E-state index is 0.300. The summed E-state index contributed by atoms with van der Waals surface area (Å²) in [5, 5.41) is 0. The van der Waals surface area contributed by atoms with Crippen molar-refractivity contribution in [1.82, 2.24) is 0 Å². The molecule has 2 N–H and O–H groups in total. The zero-order valence-corrected chi connectivity index (χ0v) is 11.0. The van der Waals surface area contributed by atoms with E-state index in [1.165, 1.54) is 5.69 Å². The lowest BCUT2D eigenvalue weighted by Crippen LogP contribution is -2.41. The Bertz CT molecular complexity index is 370. The molecule has 0 spiro atoms. The molecule has 0 aromatic heterocycles. The molecule has 0 amide bonds. The maximum atomic E-state index is 5.68. The van der Waals surface area contributed by atoms with Crippen LogP contribution in [-0.4, -0.2) is 25.8 Å². The molecule has 1 aliphatic rings. The average molecular weight is 285 g/mol. The van der Waals surface area contributed by atoms with Gasteiger partial charge in [-0.3, -0.25) is 0 Å². The fourth-order valence-electron chi connectivity index (χ4n) is 1.99. The molecule has 88 valence electrons. The van der Waals surface area contributed by atoms with Crippen molar-refractivity contribution in [3.8, 4) is 0 Å². The number of hydrogen-bond acceptors (Lipinski definition) is 3. The predicted octanol–water partition coefficient (Wildman–Crippen LogP) is 2.13. The molecule has 0 saturated carbocycles. The van der Waals surface area contributed by atoms with Crippen molar-refractivity contribution < 1.29 is 4.74 Å². The molecule has 0 bridgehead atoms. The van der Waals surface area contributed by atoms with Crippen LogP contribution in [0, 0.1) is 0 Å². The Morgan fingerprint density at radius 3 is 3.00 bits per heavy atom. The Kier molecular flexibility index (Phi) is 3.84. The van der Waals surface area contributed by atoms with Gasteiger partial charge in [0.1, 0.15) is 0 Å². The third-order valence-corrected chi connectivity index (χ3v) is 3.24. The highest BCUT2D eigenvalue weighted by Gasteiger charge is 2.17. The number of ether oxygens (including phenoxy) is 1. The summed E-state index contributed by atoms with van der Waals surface area (Å²) >= 11 is 3.52. The van der Waals surface area contributed by atoms with Crippen LogP contribution in [-0.2, 0) is 11.3 Å². The Balaban J connectivity index is 2.21. The van der Waals surface area contributed by atoms with Crippen molar-refractivity contribution in [2.75, 3.05) is 24.6 Å². The summed E-state index contributed by atoms with van der Waals surface area (Å²) in [7, 11) is 0. The van der Waals surface area contributed by atoms with Crippen molar-refractivity contribution in [2.45, 2.75) is 19.6 Å². The van der Waals surface area contributed by atoms with Crippen molar-refractivity contribution in [3.05, 3.63) is 28.2 Å². The van der Waals surface area contributed by atoms with Gasteiger partial charge in [0.15, 0.2) is 0 Å². The van der Waals surface area contributed by atoms with Gasteiger partial charge in [-0.1, -0.05) is 15.9 Å². The second kappa shape index (κ2) is 5.17. The number of nitrogens with two attached hydrogens (primary N) is 1. The van der Waals surface area contributed by atoms with E-state index in [1.54, 1.807) is 0 Å². The maximum Gasteiger partial charge on any atom is 0.0722 e. The Morgan fingerprint density at radius 1 is 1.50 bits per heavy atom. The van der Waals surface area contributed by atoms with Crippen LogP contribution in [0.25, 0.3) is 0 Å². The highest BCUT2D eigenvalue weighted by atomic mass is 79.9. The van der Waals surface area contributed by atoms with E-state index in [9.17, 15) is 0 Å². The summed E-state index contributed by atoms with van der Waals surface area (Å²) < 4.78 is 6.63. The molecule has 1 atom stereocenters. The summed E-state index contributed by atoms with van der Waals surface area (Å²) in [5.74, 6) is 0. The molecule has 0 aliphatic carbocycles. The first-order chi connectivity index (χ1) is 7.69. The zero-order valence-electron chi connectivity index (χ0n) is 9.45. The SMILES string of the molecule is CC1CN(c2cc(Br)cc(CN)c2)CCO1. The minimum absolute atomic E-state index is 0.300. The Labute approximate surface area is 105 Å². The van der Waals surface area contributed by atoms with Gasteiger partial charge in [0.2, 0.25) is 0 Å². The third kappa shape index (κ3) is 2.75. The molecule has 4 heteroatoms. The lowest BCUT2D eigenvalue weighted by Gasteiger charge is -2.33. The molecule has 1 unspecified atom stereocenters. The van der Waals surface area contributed by atoms with Crippen LogP contribution >= 0.6 is 15.9 Å². The number of rotatable bonds is 2. The average Bonchev–Trinajstić information content (AvgIpc) is 2.28. The molecular weight excluding hydrogens is 268 g/mol. The van der Waals surface area contributed by atoms with Gasteiger partial charge in [-0.2, -0.15) is 0 Å². The van der Waals surface area contributed by atoms with Crippen LogP contribution in [0.1, 0.15) is 12.5 Å². The summed E-state index contributed by atoms with van der Waals surface area (Å²) in [4.78, 5) is 2.35. The normalized spacial score (nSPS) is 21.2. The fourth-order valence-corrected chi connectivity index (χ4v) is 2.52. The van der Waals surface area contributed by atoms with Crippen LogP contribution < -0.4 is 10.6 Å². The molecule has 1 aromatic carbocycles. The van der Waals surface area contributed by atoms with Crippen LogP contribution in [0.4, 0.5) is 5.69 Å². The van der Waals surface area contributed by atoms with E-state index in [1.807, 2.05) is 0 Å². The van der Waals surface area contributed by atoms with Crippen LogP contribution in [0.5, 0.6) is 0 Å². The molecular formula is C12H17BrN2O. The van der Waals surface area contributed by atoms with Crippen molar-refractivity contribution in [3.63, 3.8) is 0 Å². The molecule has 2 rings (SSSR count). The van der Waals surface area contributed by atoms with E-state index in [-0.39, 0.29) is 0 Å². The predicted molar refractivity (Wildman–Crippen MR) is 69.7 cm³/mol. The van der Waals surface area contributed by atoms with Crippen LogP contribution in [0.2, 0.25) is 0 Å². The lowest BCUT2D eigenvalue weighted by atomic mass is 10.1. The first kappa shape index (κ1) is 11.9. The second-order valence-corrected chi connectivity index (χ2v) is 5.06. The fraction of sp³-hybridized carbons (Fsp3) is 0.500. The Morgan fingerprint density at radius 2 is 2.31 bits per heavy atom. The van der Waals surface area contributed by atoms with E-state index in [0.29, 0.717) is 12.6 Å². The second-order valence-electron chi connectivity index (χ2n) is 4.15. The molecule has 1 fully saturated rings. The third-order valence-electron chi connectivity index (χ3n) is 2.78. The first-order valence-corrected chi connectivity index (χ1v) is 6.34. The highest BCUT2D eigenvalue weighted by Crippen LogP contribution is 2.24. The van der Waals surface area contributed by atoms with E-state index in [2.05, 4.69) is 46.0 Å². The number of morpholine rings is 1. The van der Waals surface area contributed by atoms with Crippen molar-refractivity contribution >= 4 is 21.6 Å². The quantitative estimate of drug-likeness (QED) is 0.904. The highest BCUT2D eigenvalue weighted by molar-refractivity contribution is 9.10. The van der Waals surface area contributed by atoms with Gasteiger partial charge < -0.3 is 15.4 Å². The topological polar surface area (TPSA) is 38.5 Å². The smallest absolute Gasteiger partial charge is 0.0722 e. The molecule has 1 aliphatic heterocycles. The first-order valence-electron chi connectivity index (χ1n) is 5.55. The molecule has 1 aromatic rings. The summed E-state index contributed by atoms with van der Waals surface area (Å²) in [6.07, 6.45) is 0.300. The molecule has 1 heterocycles. The number of anilines is 1. The van der Waals surface area contributed by atoms with Gasteiger partial charge in [-0.05, 0) is 30.7 Å². The maximum absolute atomic E-state index is 5.68. The van der Waals surface area contributed by atoms with Gasteiger partial charge in [0.05, 0.1) is 12.7 Å². The van der Waals surface area contributed by atoms with E-state index < -0.39 is 0 Å². The zero-order chi connectivity index (χ0) is 11.5. The van der Waals surface area contributed by atoms with Gasteiger partial charge in [-0.25, -0.2) is 0 Å². The molecule has 0 radical (unpaired) electrons. The minimum Gasteiger partial charge on any atom is -0.375 e. The number of nitrogens with zero attached hydrogens (tertiary/aromatic N) is 1. The summed E-state index contributed by atoms with van der Waals surface area (Å²) in [5.41, 5.74) is 8.06. The lowest BCUT2D eigenvalue weighted by molar-refractivity contribution is 0.0532. The van der Waals surface area contributed by atoms with Crippen LogP contribution in [0.15, 0.2) is 22.7 Å². The number of halogens is 1. The summed E-state index contributed by atoms with van der Waals surface area (Å²) in [6, 6.07) is 6.35. The van der Waals surface area contributed by atoms with Gasteiger partial charge in [0, 0.05) is 29.8 Å². The van der Waals surface area contributed by atoms with E-state index in [4.69, 9.17) is 10.5 Å². The van der Waals surface area contributed by atoms with Crippen molar-refractivity contribution in [2.24, 2.45) is 5.73 Å². The van der Waals surface area contributed by atoms with E-state index >= 15 is 0 Å². The van der Waals surface area contributed by atoms with Gasteiger partial charge in [-0.15, -0.1) is 0 Å². The number of benzene rings is 1. The monoisotopic (exact) mass is 284 g/mol. The van der Waals surface area contributed by atoms with Gasteiger partial charge >= 0.3 is 0 Å². The standard InChI is InChI=1S/C12H17BrN2O/c1-9-8-15(2-3-16-9)12-5-10(7-14)4-11(13)6-12/h4-6,9H,2-3,7-8,14H2,1H3.